The predicted molar refractivity (Wildman–Crippen MR) is 753 cm³/mol. The van der Waals surface area contributed by atoms with Crippen molar-refractivity contribution in [3.63, 3.8) is 0 Å². The molecule has 12 rings (SSSR count). The van der Waals surface area contributed by atoms with Crippen LogP contribution >= 0.6 is 367 Å². The molecule has 4 aliphatic rings. The molecule has 0 aromatic heterocycles. The quantitative estimate of drug-likeness (QED) is 0.0864. The second-order valence-corrected chi connectivity index (χ2v) is 619. The molecule has 0 radical (unpaired) electrons. The number of rotatable bonds is 18. The van der Waals surface area contributed by atoms with Crippen LogP contribution in [0.1, 0.15) is 218 Å². The molecule has 0 saturated heterocycles. The number of benzene rings is 8. The van der Waals surface area contributed by atoms with E-state index in [0.29, 0.717) is 0 Å². The van der Waals surface area contributed by atoms with Gasteiger partial charge in [-0.15, -0.1) is 0 Å². The molecule has 0 bridgehead atoms. The standard InChI is InChI=1S/C42H52N2.C22H26ClN.C20H27N.I26/c1-29-13-22-38-37(27-29)41(9)23-11-12-24-42(41,10)44(38)36-26-30(2)25-35(28-36)43(33-18-14-31(15-19-33)39(3,4)5)34-20-16-32(17-21-34)40(6,7)8;1-15-7-8-20-19(13-15)21(3)9-5-6-10-22(21,4)24(20)18-12-16(2)11-17(23)14-18;1-19(2,3)15-7-11-17(12-8-15)21-18-13-9-16(10-14-18)20(4,5)6;1-15(2)17(5)19(7)21(9)23(11)25(13)26(14)24(12)22(10)20(8)18(6)16(3)4/h13-22,25-28H,11-12,23-24H2,1-10H3;7-8,11-14H,5-6,9-10H2,1-4H3;7-14,21H,1-6H3;. The maximum atomic E-state index is 6.41. The fourth-order valence-corrected chi connectivity index (χ4v) is 4210. The zero-order valence-electron chi connectivity index (χ0n) is 67.9. The molecule has 2 aliphatic heterocycles. The molecule has 2 saturated carbocycles. The van der Waals surface area contributed by atoms with Gasteiger partial charge in [0.05, 0.1) is 11.1 Å². The van der Waals surface area contributed by atoms with Crippen LogP contribution in [0.25, 0.3) is 0 Å². The van der Waals surface area contributed by atoms with Gasteiger partial charge in [0, 0.05) is 67.0 Å². The first-order valence-electron chi connectivity index (χ1n) is 36.9. The minimum atomic E-state index is -0.462. The molecule has 8 aromatic rings. The molecule has 4 nitrogen and oxygen atoms in total. The molecule has 8 aromatic carbocycles. The molecule has 31 heteroatoms. The number of nitrogens with one attached hydrogen (secondary N) is 1. The summed E-state index contributed by atoms with van der Waals surface area (Å²) in [6.07, 6.45) is 10.1. The third-order valence-electron chi connectivity index (χ3n) is 22.0. The summed E-state index contributed by atoms with van der Waals surface area (Å²) < 4.78 is 0. The Labute approximate surface area is 877 Å². The zero-order chi connectivity index (χ0) is 85.4. The van der Waals surface area contributed by atoms with Gasteiger partial charge in [0.2, 0.25) is 0 Å². The van der Waals surface area contributed by atoms with Crippen LogP contribution in [-0.2, 0) is 32.5 Å². The van der Waals surface area contributed by atoms with E-state index in [1.165, 1.54) is 147 Å². The van der Waals surface area contributed by atoms with Gasteiger partial charge in [-0.3, -0.25) is 0 Å². The summed E-state index contributed by atoms with van der Waals surface area (Å²) in [5.74, 6) is 0. The average Bonchev–Trinajstić information content (AvgIpc) is 1.54. The third-order valence-corrected chi connectivity index (χ3v) is 1840. The van der Waals surface area contributed by atoms with Crippen LogP contribution in [0.15, 0.2) is 170 Å². The number of anilines is 9. The summed E-state index contributed by atoms with van der Waals surface area (Å²) >= 11 is 49.9. The molecule has 4 atom stereocenters. The molecule has 650 valence electrons. The number of hydrogen-bond donors (Lipinski definition) is 1. The van der Waals surface area contributed by atoms with Gasteiger partial charge in [-0.25, -0.2) is 0 Å². The van der Waals surface area contributed by atoms with Gasteiger partial charge >= 0.3 is 355 Å². The Morgan fingerprint density at radius 3 is 0.913 bits per heavy atom. The Balaban J connectivity index is 0.000000185. The Hall–Kier alpha value is 12.2. The fraction of sp³-hybridized carbons (Fsp3) is 0.429. The van der Waals surface area contributed by atoms with E-state index in [1.54, 1.807) is 0 Å². The maximum absolute atomic E-state index is 6.41. The van der Waals surface area contributed by atoms with Crippen LogP contribution in [0.3, 0.4) is 0 Å². The summed E-state index contributed by atoms with van der Waals surface area (Å²) in [5.41, 5.74) is 25.9. The first kappa shape index (κ1) is 111. The van der Waals surface area contributed by atoms with Crippen LogP contribution in [0.2, 0.25) is 5.02 Å². The molecular formula is C84H105ClI26N4. The van der Waals surface area contributed by atoms with Crippen molar-refractivity contribution >= 4 is 418 Å². The zero-order valence-corrected chi connectivity index (χ0v) is 125. The third kappa shape index (κ3) is 28.3. The minimum absolute atomic E-state index is 0.0278. The molecule has 2 fully saturated rings. The summed E-state index contributed by atoms with van der Waals surface area (Å²) in [4.78, 5) is 7.74. The van der Waals surface area contributed by atoms with Crippen molar-refractivity contribution in [3.8, 4) is 0 Å². The molecule has 0 amide bonds. The summed E-state index contributed by atoms with van der Waals surface area (Å²) in [5, 5.41) is 4.29. The average molecular weight is 4510 g/mol. The Bertz CT molecular complexity index is 4410. The van der Waals surface area contributed by atoms with Gasteiger partial charge in [0.15, 0.2) is 0 Å². The predicted octanol–water partition coefficient (Wildman–Crippen LogP) is 47.9. The van der Waals surface area contributed by atoms with E-state index in [-0.39, 0.29) is 43.6 Å². The Kier molecular flexibility index (Phi) is 46.7. The van der Waals surface area contributed by atoms with Gasteiger partial charge in [0.25, 0.3) is 0 Å². The Morgan fingerprint density at radius 2 is 0.609 bits per heavy atom. The number of fused-ring (bicyclic) bond motifs is 6. The van der Waals surface area contributed by atoms with Crippen molar-refractivity contribution in [2.24, 2.45) is 0 Å². The van der Waals surface area contributed by atoms with Crippen molar-refractivity contribution < 1.29 is 0 Å². The molecule has 4 unspecified atom stereocenters. The first-order chi connectivity index (χ1) is 53.4. The van der Waals surface area contributed by atoms with E-state index in [2.05, 4.69) is 583 Å². The molecule has 0 spiro atoms. The molecular weight excluding hydrogens is 4400 g/mol. The number of hydrogen-bond acceptors (Lipinski definition) is 4. The number of halogens is 27. The van der Waals surface area contributed by atoms with Crippen LogP contribution < -0.4 is 20.0 Å². The summed E-state index contributed by atoms with van der Waals surface area (Å²) in [7, 11) is -5.32. The van der Waals surface area contributed by atoms with Gasteiger partial charge in [0.1, 0.15) is 0 Å². The SMILES string of the molecule is CC(C)(C)c1ccc(Nc2ccc(C(C)(C)C)cc2)cc1.Cc1cc(Cl)cc(N2c3ccc(C)cc3C3(C)CCCCC23C)c1.Cc1cc(N(c2ccc(C(C)(C)C)cc2)c2ccc(C(C)(C)C)cc2)cc(N2c3ccc(C)cc3C3(C)CCCCC23C)c1.II(I)I(I)I(I)I(I)I(I)I(I)I(I)I(I)I(I)I(I)I(I)I(I)I. The van der Waals surface area contributed by atoms with Crippen molar-refractivity contribution in [1.29, 1.82) is 0 Å². The van der Waals surface area contributed by atoms with Gasteiger partial charge in [-0.05, 0) is 230 Å². The van der Waals surface area contributed by atoms with Crippen LogP contribution in [0, 0.1) is 27.7 Å². The molecule has 2 heterocycles. The monoisotopic (exact) mass is 4500 g/mol. The van der Waals surface area contributed by atoms with Crippen molar-refractivity contribution in [1.82, 2.24) is 0 Å². The molecule has 2 aliphatic carbocycles. The summed E-state index contributed by atoms with van der Waals surface area (Å²) in [6, 6.07) is 63.6. The normalized spacial score (nSPS) is 20.6. The summed E-state index contributed by atoms with van der Waals surface area (Å²) in [6.45, 7) is 45.9. The van der Waals surface area contributed by atoms with Crippen LogP contribution in [0.5, 0.6) is 0 Å². The Morgan fingerprint density at radius 1 is 0.322 bits per heavy atom. The van der Waals surface area contributed by atoms with E-state index in [1.807, 2.05) is 6.07 Å². The topological polar surface area (TPSA) is 21.8 Å². The van der Waals surface area contributed by atoms with Gasteiger partial charge in [-0.1, -0.05) is 218 Å². The molecule has 115 heavy (non-hydrogen) atoms. The molecule has 1 N–H and O–H groups in total. The van der Waals surface area contributed by atoms with Gasteiger partial charge < -0.3 is 20.0 Å². The van der Waals surface area contributed by atoms with E-state index >= 15 is 0 Å². The van der Waals surface area contributed by atoms with Crippen LogP contribution in [0.4, 0.5) is 51.2 Å². The van der Waals surface area contributed by atoms with E-state index in [0.717, 1.165) is 16.4 Å². The second kappa shape index (κ2) is 48.4. The van der Waals surface area contributed by atoms with Gasteiger partial charge in [-0.2, -0.15) is 0 Å². The number of nitrogens with zero attached hydrogens (tertiary/aromatic N) is 3. The second-order valence-electron chi connectivity index (χ2n) is 34.0. The first-order valence-corrected chi connectivity index (χ1v) is 194. The number of aryl methyl sites for hydroxylation is 4. The van der Waals surface area contributed by atoms with Crippen molar-refractivity contribution in [2.45, 2.75) is 233 Å². The fourth-order valence-electron chi connectivity index (χ4n) is 15.6. The van der Waals surface area contributed by atoms with Crippen LogP contribution in [-0.4, -0.2) is 11.1 Å². The van der Waals surface area contributed by atoms with E-state index in [4.69, 9.17) is 11.6 Å². The van der Waals surface area contributed by atoms with E-state index in [9.17, 15) is 0 Å². The van der Waals surface area contributed by atoms with Crippen molar-refractivity contribution in [3.05, 3.63) is 231 Å². The van der Waals surface area contributed by atoms with E-state index < -0.39 is 94.7 Å². The van der Waals surface area contributed by atoms with Crippen molar-refractivity contribution in [2.75, 3.05) is 20.0 Å².